The fraction of sp³-hybridized carbons (Fsp3) is 0.333. The van der Waals surface area contributed by atoms with Crippen LogP contribution in [0.3, 0.4) is 0 Å². The number of rotatable bonds is 5. The van der Waals surface area contributed by atoms with Crippen LogP contribution in [-0.2, 0) is 0 Å². The number of nitrogens with one attached hydrogen (secondary N) is 1. The fourth-order valence-electron chi connectivity index (χ4n) is 2.05. The Morgan fingerprint density at radius 2 is 1.79 bits per heavy atom. The first-order chi connectivity index (χ1) is 9.11. The van der Waals surface area contributed by atoms with Crippen molar-refractivity contribution in [2.75, 3.05) is 7.11 Å². The molecule has 0 radical (unpaired) electrons. The van der Waals surface area contributed by atoms with E-state index >= 15 is 0 Å². The summed E-state index contributed by atoms with van der Waals surface area (Å²) in [4.78, 5) is 1.33. The number of thiophene rings is 1. The van der Waals surface area contributed by atoms with Crippen molar-refractivity contribution in [2.24, 2.45) is 0 Å². The van der Waals surface area contributed by atoms with Crippen LogP contribution >= 0.6 is 27.3 Å². The second-order valence-corrected chi connectivity index (χ2v) is 6.32. The lowest BCUT2D eigenvalue weighted by molar-refractivity contribution is 0.414. The minimum atomic E-state index is 0.301. The molecule has 2 aromatic rings. The fourth-order valence-corrected chi connectivity index (χ4v) is 3.79. The number of hydrogen-bond acceptors (Lipinski definition) is 3. The Labute approximate surface area is 126 Å². The van der Waals surface area contributed by atoms with Crippen molar-refractivity contribution in [2.45, 2.75) is 25.9 Å². The van der Waals surface area contributed by atoms with Gasteiger partial charge in [0.05, 0.1) is 7.11 Å². The van der Waals surface area contributed by atoms with E-state index in [1.54, 1.807) is 18.4 Å². The van der Waals surface area contributed by atoms with Crippen molar-refractivity contribution >= 4 is 27.3 Å². The number of hydrogen-bond donors (Lipinski definition) is 1. The van der Waals surface area contributed by atoms with Gasteiger partial charge in [-0.1, -0.05) is 12.1 Å². The molecule has 0 amide bonds. The molecule has 102 valence electrons. The van der Waals surface area contributed by atoms with E-state index in [1.807, 2.05) is 12.1 Å². The minimum absolute atomic E-state index is 0.301. The molecule has 2 nitrogen and oxygen atoms in total. The van der Waals surface area contributed by atoms with Crippen LogP contribution in [0.15, 0.2) is 40.2 Å². The molecule has 0 bridgehead atoms. The second kappa shape index (κ2) is 6.55. The van der Waals surface area contributed by atoms with Gasteiger partial charge in [0.2, 0.25) is 0 Å². The third-order valence-corrected chi connectivity index (χ3v) is 5.21. The normalized spacial score (nSPS) is 14.1. The van der Waals surface area contributed by atoms with E-state index in [-0.39, 0.29) is 0 Å². The monoisotopic (exact) mass is 339 g/mol. The highest BCUT2D eigenvalue weighted by atomic mass is 79.9. The molecule has 19 heavy (non-hydrogen) atoms. The minimum Gasteiger partial charge on any atom is -0.497 e. The highest BCUT2D eigenvalue weighted by Crippen LogP contribution is 2.30. The topological polar surface area (TPSA) is 21.3 Å². The van der Waals surface area contributed by atoms with E-state index in [2.05, 4.69) is 58.7 Å². The summed E-state index contributed by atoms with van der Waals surface area (Å²) >= 11 is 5.36. The van der Waals surface area contributed by atoms with Crippen LogP contribution in [0.1, 0.15) is 36.4 Å². The van der Waals surface area contributed by atoms with Crippen molar-refractivity contribution in [3.8, 4) is 5.75 Å². The molecule has 4 heteroatoms. The first-order valence-electron chi connectivity index (χ1n) is 6.24. The highest BCUT2D eigenvalue weighted by Gasteiger charge is 2.14. The first kappa shape index (κ1) is 14.6. The van der Waals surface area contributed by atoms with E-state index in [0.29, 0.717) is 12.1 Å². The van der Waals surface area contributed by atoms with Crippen LogP contribution in [0.2, 0.25) is 0 Å². The van der Waals surface area contributed by atoms with Gasteiger partial charge in [-0.05, 0) is 58.9 Å². The van der Waals surface area contributed by atoms with Crippen LogP contribution < -0.4 is 10.1 Å². The number of ether oxygens (including phenoxy) is 1. The lowest BCUT2D eigenvalue weighted by atomic mass is 10.1. The standard InChI is InChI=1S/C15H18BrNOS/c1-10(12-4-6-13(18-3)7-5-12)17-11(2)15-14(16)8-9-19-15/h4-11,17H,1-3H3/t10-,11?/m1/s1. The number of benzene rings is 1. The molecule has 0 aliphatic rings. The first-order valence-corrected chi connectivity index (χ1v) is 7.92. The van der Waals surface area contributed by atoms with Crippen molar-refractivity contribution < 1.29 is 4.74 Å². The summed E-state index contributed by atoms with van der Waals surface area (Å²) in [5.74, 6) is 0.894. The summed E-state index contributed by atoms with van der Waals surface area (Å²) in [5, 5.41) is 5.72. The van der Waals surface area contributed by atoms with E-state index in [9.17, 15) is 0 Å². The SMILES string of the molecule is COc1ccc([C@@H](C)NC(C)c2sccc2Br)cc1. The molecule has 0 fully saturated rings. The van der Waals surface area contributed by atoms with Crippen LogP contribution in [0, 0.1) is 0 Å². The van der Waals surface area contributed by atoms with Crippen LogP contribution in [-0.4, -0.2) is 7.11 Å². The Hall–Kier alpha value is -0.840. The molecule has 0 saturated carbocycles. The molecule has 2 rings (SSSR count). The van der Waals surface area contributed by atoms with Gasteiger partial charge < -0.3 is 10.1 Å². The molecular formula is C15H18BrNOS. The molecule has 1 unspecified atom stereocenters. The summed E-state index contributed by atoms with van der Waals surface area (Å²) in [6, 6.07) is 10.9. The van der Waals surface area contributed by atoms with E-state index in [4.69, 9.17) is 4.74 Å². The summed E-state index contributed by atoms with van der Waals surface area (Å²) in [7, 11) is 1.69. The molecule has 2 atom stereocenters. The van der Waals surface area contributed by atoms with Gasteiger partial charge in [0.15, 0.2) is 0 Å². The smallest absolute Gasteiger partial charge is 0.118 e. The molecule has 0 aliphatic carbocycles. The Morgan fingerprint density at radius 1 is 1.11 bits per heavy atom. The summed E-state index contributed by atoms with van der Waals surface area (Å²) in [5.41, 5.74) is 1.26. The zero-order chi connectivity index (χ0) is 13.8. The molecule has 1 N–H and O–H groups in total. The van der Waals surface area contributed by atoms with Gasteiger partial charge in [0, 0.05) is 21.4 Å². The van der Waals surface area contributed by atoms with Gasteiger partial charge in [0.25, 0.3) is 0 Å². The van der Waals surface area contributed by atoms with Crippen LogP contribution in [0.4, 0.5) is 0 Å². The molecule has 1 aromatic heterocycles. The van der Waals surface area contributed by atoms with E-state index in [0.717, 1.165) is 5.75 Å². The molecule has 0 spiro atoms. The van der Waals surface area contributed by atoms with Gasteiger partial charge in [-0.15, -0.1) is 11.3 Å². The lowest BCUT2D eigenvalue weighted by Crippen LogP contribution is -2.22. The van der Waals surface area contributed by atoms with E-state index in [1.165, 1.54) is 14.9 Å². The largest absolute Gasteiger partial charge is 0.497 e. The second-order valence-electron chi connectivity index (χ2n) is 4.52. The zero-order valence-electron chi connectivity index (χ0n) is 11.3. The van der Waals surface area contributed by atoms with Gasteiger partial charge in [-0.2, -0.15) is 0 Å². The third-order valence-electron chi connectivity index (χ3n) is 3.15. The van der Waals surface area contributed by atoms with Crippen LogP contribution in [0.25, 0.3) is 0 Å². The summed E-state index contributed by atoms with van der Waals surface area (Å²) in [6.45, 7) is 4.37. The van der Waals surface area contributed by atoms with Crippen molar-refractivity contribution in [1.82, 2.24) is 5.32 Å². The molecular weight excluding hydrogens is 322 g/mol. The maximum atomic E-state index is 5.18. The zero-order valence-corrected chi connectivity index (χ0v) is 13.7. The number of halogens is 1. The number of methoxy groups -OCH3 is 1. The van der Waals surface area contributed by atoms with Crippen molar-refractivity contribution in [3.63, 3.8) is 0 Å². The summed E-state index contributed by atoms with van der Waals surface area (Å²) in [6.07, 6.45) is 0. The van der Waals surface area contributed by atoms with Gasteiger partial charge in [-0.25, -0.2) is 0 Å². The Kier molecular flexibility index (Phi) is 5.02. The van der Waals surface area contributed by atoms with Gasteiger partial charge in [-0.3, -0.25) is 0 Å². The van der Waals surface area contributed by atoms with Crippen molar-refractivity contribution in [3.05, 3.63) is 50.6 Å². The third kappa shape index (κ3) is 3.59. The van der Waals surface area contributed by atoms with E-state index < -0.39 is 0 Å². The predicted molar refractivity (Wildman–Crippen MR) is 85.0 cm³/mol. The average molecular weight is 340 g/mol. The van der Waals surface area contributed by atoms with Gasteiger partial charge in [0.1, 0.15) is 5.75 Å². The maximum Gasteiger partial charge on any atom is 0.118 e. The molecule has 1 heterocycles. The summed E-state index contributed by atoms with van der Waals surface area (Å²) < 4.78 is 6.36. The average Bonchev–Trinajstić information content (AvgIpc) is 2.85. The maximum absolute atomic E-state index is 5.18. The predicted octanol–water partition coefficient (Wildman–Crippen LogP) is 4.93. The molecule has 0 saturated heterocycles. The van der Waals surface area contributed by atoms with Gasteiger partial charge >= 0.3 is 0 Å². The lowest BCUT2D eigenvalue weighted by Gasteiger charge is -2.20. The molecule has 0 aliphatic heterocycles. The quantitative estimate of drug-likeness (QED) is 0.833. The van der Waals surface area contributed by atoms with Crippen molar-refractivity contribution in [1.29, 1.82) is 0 Å². The molecule has 1 aromatic carbocycles. The Bertz CT molecular complexity index is 523. The Morgan fingerprint density at radius 3 is 2.32 bits per heavy atom. The van der Waals surface area contributed by atoms with Crippen LogP contribution in [0.5, 0.6) is 5.75 Å². The highest BCUT2D eigenvalue weighted by molar-refractivity contribution is 9.10. The Balaban J connectivity index is 2.04.